The zero-order chi connectivity index (χ0) is 23.3. The van der Waals surface area contributed by atoms with E-state index in [2.05, 4.69) is 20.1 Å². The first-order valence-electron chi connectivity index (χ1n) is 10.5. The van der Waals surface area contributed by atoms with E-state index in [4.69, 9.17) is 4.74 Å². The number of pyridine rings is 1. The topological polar surface area (TPSA) is 73.4 Å². The van der Waals surface area contributed by atoms with E-state index in [1.54, 1.807) is 16.9 Å². The summed E-state index contributed by atoms with van der Waals surface area (Å²) in [4.78, 5) is 15.4. The molecular weight excluding hydrogens is 435 g/mol. The summed E-state index contributed by atoms with van der Waals surface area (Å²) in [7, 11) is 1.87. The predicted molar refractivity (Wildman–Crippen MR) is 115 cm³/mol. The van der Waals surface area contributed by atoms with E-state index in [1.165, 1.54) is 16.7 Å². The highest BCUT2D eigenvalue weighted by atomic mass is 19.4. The second-order valence-electron chi connectivity index (χ2n) is 8.21. The lowest BCUT2D eigenvalue weighted by Gasteiger charge is -2.36. The van der Waals surface area contributed by atoms with E-state index < -0.39 is 11.7 Å². The van der Waals surface area contributed by atoms with Crippen molar-refractivity contribution in [1.82, 2.24) is 29.1 Å². The van der Waals surface area contributed by atoms with Crippen molar-refractivity contribution >= 4 is 11.6 Å². The first-order chi connectivity index (χ1) is 15.7. The van der Waals surface area contributed by atoms with Gasteiger partial charge in [0.25, 0.3) is 0 Å². The molecule has 0 spiro atoms. The van der Waals surface area contributed by atoms with Crippen LogP contribution in [0.15, 0.2) is 43.0 Å². The second kappa shape index (κ2) is 7.84. The Morgan fingerprint density at radius 3 is 2.64 bits per heavy atom. The molecule has 4 aromatic heterocycles. The van der Waals surface area contributed by atoms with Crippen LogP contribution in [0.1, 0.15) is 29.8 Å². The summed E-state index contributed by atoms with van der Waals surface area (Å²) in [5.74, 6) is 0.483. The Hall–Kier alpha value is -3.47. The van der Waals surface area contributed by atoms with Gasteiger partial charge in [-0.05, 0) is 32.0 Å². The van der Waals surface area contributed by atoms with Crippen LogP contribution in [0, 0.1) is 6.92 Å². The maximum absolute atomic E-state index is 13.2. The molecule has 5 heterocycles. The fraction of sp³-hybridized carbons (Fsp3) is 0.364. The molecule has 5 rings (SSSR count). The van der Waals surface area contributed by atoms with E-state index in [1.807, 2.05) is 32.0 Å². The molecular formula is C22H22F3N7O. The number of nitrogens with zero attached hydrogens (tertiary/aromatic N) is 7. The van der Waals surface area contributed by atoms with Crippen molar-refractivity contribution in [2.45, 2.75) is 32.2 Å². The first kappa shape index (κ1) is 21.4. The summed E-state index contributed by atoms with van der Waals surface area (Å²) >= 11 is 0. The van der Waals surface area contributed by atoms with E-state index in [9.17, 15) is 13.2 Å². The van der Waals surface area contributed by atoms with Gasteiger partial charge in [-0.25, -0.2) is 15.0 Å². The number of rotatable bonds is 3. The van der Waals surface area contributed by atoms with E-state index >= 15 is 0 Å². The Kier molecular flexibility index (Phi) is 5.08. The summed E-state index contributed by atoms with van der Waals surface area (Å²) in [5.41, 5.74) is 2.51. The number of fused-ring (bicyclic) bond motifs is 1. The summed E-state index contributed by atoms with van der Waals surface area (Å²) in [6.07, 6.45) is 1.40. The average molecular weight is 457 g/mol. The van der Waals surface area contributed by atoms with Crippen molar-refractivity contribution in [2.24, 2.45) is 7.05 Å². The van der Waals surface area contributed by atoms with Crippen molar-refractivity contribution in [1.29, 1.82) is 0 Å². The Morgan fingerprint density at radius 2 is 1.91 bits per heavy atom. The van der Waals surface area contributed by atoms with Gasteiger partial charge < -0.3 is 9.64 Å². The van der Waals surface area contributed by atoms with Crippen LogP contribution in [0.25, 0.3) is 17.0 Å². The largest absolute Gasteiger partial charge is 0.417 e. The van der Waals surface area contributed by atoms with Gasteiger partial charge in [0, 0.05) is 37.7 Å². The van der Waals surface area contributed by atoms with Gasteiger partial charge in [0.15, 0.2) is 0 Å². The Balaban J connectivity index is 1.49. The molecule has 1 fully saturated rings. The third-order valence-corrected chi connectivity index (χ3v) is 5.68. The SMILES string of the molecule is Cc1nn(C)cc1[C@H]1CN(c2nccc(-c3cnc4ccc(C(F)(F)F)cn34)n2)C[C@H](C)O1. The molecule has 1 saturated heterocycles. The molecule has 2 atom stereocenters. The highest BCUT2D eigenvalue weighted by Gasteiger charge is 2.32. The van der Waals surface area contributed by atoms with E-state index in [-0.39, 0.29) is 12.2 Å². The van der Waals surface area contributed by atoms with Gasteiger partial charge in [-0.3, -0.25) is 9.08 Å². The minimum absolute atomic E-state index is 0.0687. The van der Waals surface area contributed by atoms with Crippen LogP contribution in [-0.2, 0) is 18.0 Å². The maximum atomic E-state index is 13.2. The molecule has 0 aliphatic carbocycles. The second-order valence-corrected chi connectivity index (χ2v) is 8.21. The molecule has 4 aromatic rings. The Labute approximate surface area is 187 Å². The number of ether oxygens (including phenoxy) is 1. The molecule has 172 valence electrons. The normalized spacial score (nSPS) is 19.4. The van der Waals surface area contributed by atoms with Crippen LogP contribution < -0.4 is 4.90 Å². The van der Waals surface area contributed by atoms with Crippen molar-refractivity contribution in [3.05, 3.63) is 59.8 Å². The van der Waals surface area contributed by atoms with Gasteiger partial charge in [0.05, 0.1) is 41.5 Å². The molecule has 0 unspecified atom stereocenters. The van der Waals surface area contributed by atoms with Crippen LogP contribution in [0.4, 0.5) is 19.1 Å². The fourth-order valence-corrected chi connectivity index (χ4v) is 4.20. The number of alkyl halides is 3. The number of aryl methyl sites for hydroxylation is 2. The van der Waals surface area contributed by atoms with Crippen molar-refractivity contribution in [3.8, 4) is 11.4 Å². The minimum Gasteiger partial charge on any atom is -0.367 e. The summed E-state index contributed by atoms with van der Waals surface area (Å²) in [6.45, 7) is 5.05. The number of hydrogen-bond donors (Lipinski definition) is 0. The lowest BCUT2D eigenvalue weighted by atomic mass is 10.1. The maximum Gasteiger partial charge on any atom is 0.417 e. The number of hydrogen-bond acceptors (Lipinski definition) is 6. The number of halogens is 3. The van der Waals surface area contributed by atoms with Gasteiger partial charge in [-0.1, -0.05) is 0 Å². The van der Waals surface area contributed by atoms with Crippen molar-refractivity contribution in [3.63, 3.8) is 0 Å². The molecule has 1 aliphatic rings. The van der Waals surface area contributed by atoms with Crippen LogP contribution in [0.3, 0.4) is 0 Å². The smallest absolute Gasteiger partial charge is 0.367 e. The zero-order valence-corrected chi connectivity index (χ0v) is 18.3. The Bertz CT molecular complexity index is 1310. The lowest BCUT2D eigenvalue weighted by Crippen LogP contribution is -2.43. The van der Waals surface area contributed by atoms with Gasteiger partial charge in [0.1, 0.15) is 11.8 Å². The fourth-order valence-electron chi connectivity index (χ4n) is 4.20. The van der Waals surface area contributed by atoms with Crippen LogP contribution in [0.2, 0.25) is 0 Å². The quantitative estimate of drug-likeness (QED) is 0.466. The minimum atomic E-state index is -4.45. The van der Waals surface area contributed by atoms with Gasteiger partial charge >= 0.3 is 6.18 Å². The predicted octanol–water partition coefficient (Wildman–Crippen LogP) is 3.82. The number of aromatic nitrogens is 6. The van der Waals surface area contributed by atoms with Crippen molar-refractivity contribution in [2.75, 3.05) is 18.0 Å². The molecule has 11 heteroatoms. The van der Waals surface area contributed by atoms with Crippen LogP contribution in [-0.4, -0.2) is 48.3 Å². The van der Waals surface area contributed by atoms with Crippen LogP contribution >= 0.6 is 0 Å². The zero-order valence-electron chi connectivity index (χ0n) is 18.3. The summed E-state index contributed by atoms with van der Waals surface area (Å²) in [6, 6.07) is 4.03. The monoisotopic (exact) mass is 457 g/mol. The third kappa shape index (κ3) is 4.04. The highest BCUT2D eigenvalue weighted by Crippen LogP contribution is 2.32. The van der Waals surface area contributed by atoms with Gasteiger partial charge in [-0.15, -0.1) is 0 Å². The molecule has 0 N–H and O–H groups in total. The molecule has 0 aromatic carbocycles. The van der Waals surface area contributed by atoms with Gasteiger partial charge in [-0.2, -0.15) is 18.3 Å². The summed E-state index contributed by atoms with van der Waals surface area (Å²) in [5, 5.41) is 4.41. The molecule has 33 heavy (non-hydrogen) atoms. The standard InChI is InChI=1S/C22H22F3N7O/c1-13-9-31(12-19(33-13)16-11-30(3)29-14(16)2)21-26-7-6-17(28-21)18-8-27-20-5-4-15(10-32(18)20)22(23,24)25/h4-8,10-11,13,19H,9,12H2,1-3H3/t13-,19+/m0/s1. The van der Waals surface area contributed by atoms with Crippen molar-refractivity contribution < 1.29 is 17.9 Å². The Morgan fingerprint density at radius 1 is 1.09 bits per heavy atom. The highest BCUT2D eigenvalue weighted by molar-refractivity contribution is 5.61. The number of anilines is 1. The molecule has 8 nitrogen and oxygen atoms in total. The summed E-state index contributed by atoms with van der Waals surface area (Å²) < 4.78 is 49.0. The lowest BCUT2D eigenvalue weighted by molar-refractivity contribution is -0.137. The average Bonchev–Trinajstić information content (AvgIpc) is 3.34. The van der Waals surface area contributed by atoms with Crippen LogP contribution in [0.5, 0.6) is 0 Å². The van der Waals surface area contributed by atoms with E-state index in [0.29, 0.717) is 36.1 Å². The number of morpholine rings is 1. The molecule has 0 saturated carbocycles. The first-order valence-corrected chi connectivity index (χ1v) is 10.5. The molecule has 0 amide bonds. The number of imidazole rings is 1. The molecule has 0 bridgehead atoms. The van der Waals surface area contributed by atoms with Gasteiger partial charge in [0.2, 0.25) is 5.95 Å². The third-order valence-electron chi connectivity index (χ3n) is 5.68. The molecule has 0 radical (unpaired) electrons. The van der Waals surface area contributed by atoms with E-state index in [0.717, 1.165) is 23.5 Å². The molecule has 1 aliphatic heterocycles.